The molecule has 0 amide bonds. The van der Waals surface area contributed by atoms with Crippen molar-refractivity contribution in [3.05, 3.63) is 35.9 Å². The number of alkyl halides is 2. The van der Waals surface area contributed by atoms with E-state index in [1.807, 2.05) is 30.3 Å². The quantitative estimate of drug-likeness (QED) is 0.624. The Labute approximate surface area is 96.6 Å². The number of esters is 1. The lowest BCUT2D eigenvalue weighted by Gasteiger charge is -2.14. The number of hydrogen-bond donors (Lipinski definition) is 0. The summed E-state index contributed by atoms with van der Waals surface area (Å²) in [6.45, 7) is 1.19. The molecular weight excluding hydrogens is 263 g/mol. The number of ether oxygens (including phenoxy) is 1. The Morgan fingerprint density at radius 1 is 1.47 bits per heavy atom. The van der Waals surface area contributed by atoms with Gasteiger partial charge in [0.15, 0.2) is 0 Å². The van der Waals surface area contributed by atoms with Gasteiger partial charge in [0.1, 0.15) is 0 Å². The largest absolute Gasteiger partial charge is 0.430 e. The van der Waals surface area contributed by atoms with Crippen LogP contribution in [0.4, 0.5) is 4.39 Å². The maximum Gasteiger partial charge on any atom is 0.305 e. The lowest BCUT2D eigenvalue weighted by molar-refractivity contribution is -0.154. The number of carbonyl (C=O) groups is 1. The van der Waals surface area contributed by atoms with Crippen LogP contribution in [-0.4, -0.2) is 17.2 Å². The fourth-order valence-electron chi connectivity index (χ4n) is 1.16. The predicted octanol–water partition coefficient (Wildman–Crippen LogP) is 2.85. The van der Waals surface area contributed by atoms with Crippen LogP contribution in [0.25, 0.3) is 0 Å². The summed E-state index contributed by atoms with van der Waals surface area (Å²) in [5, 5.41) is 0. The maximum absolute atomic E-state index is 13.2. The molecule has 2 atom stereocenters. The van der Waals surface area contributed by atoms with Crippen molar-refractivity contribution in [1.82, 2.24) is 0 Å². The minimum atomic E-state index is -1.61. The molecule has 1 aromatic rings. The third-order valence-electron chi connectivity index (χ3n) is 1.84. The van der Waals surface area contributed by atoms with Gasteiger partial charge in [-0.3, -0.25) is 4.79 Å². The smallest absolute Gasteiger partial charge is 0.305 e. The second-order valence-corrected chi connectivity index (χ2v) is 4.34. The van der Waals surface area contributed by atoms with Gasteiger partial charge in [-0.15, -0.1) is 0 Å². The maximum atomic E-state index is 13.2. The Kier molecular flexibility index (Phi) is 4.75. The first kappa shape index (κ1) is 12.2. The van der Waals surface area contributed by atoms with E-state index >= 15 is 0 Å². The van der Waals surface area contributed by atoms with Crippen molar-refractivity contribution in [3.8, 4) is 0 Å². The Morgan fingerprint density at radius 3 is 2.60 bits per heavy atom. The molecule has 15 heavy (non-hydrogen) atoms. The number of rotatable bonds is 4. The van der Waals surface area contributed by atoms with E-state index in [9.17, 15) is 9.18 Å². The molecule has 2 nitrogen and oxygen atoms in total. The van der Waals surface area contributed by atoms with Crippen molar-refractivity contribution >= 4 is 21.9 Å². The average Bonchev–Trinajstić information content (AvgIpc) is 2.18. The first-order valence-electron chi connectivity index (χ1n) is 4.59. The second-order valence-electron chi connectivity index (χ2n) is 3.17. The van der Waals surface area contributed by atoms with E-state index in [1.54, 1.807) is 0 Å². The summed E-state index contributed by atoms with van der Waals surface area (Å²) < 4.78 is 17.7. The lowest BCUT2D eigenvalue weighted by atomic mass is 10.1. The molecule has 82 valence electrons. The van der Waals surface area contributed by atoms with E-state index in [4.69, 9.17) is 0 Å². The summed E-state index contributed by atoms with van der Waals surface area (Å²) in [5.74, 6) is -0.611. The van der Waals surface area contributed by atoms with Gasteiger partial charge in [-0.2, -0.15) is 0 Å². The molecule has 0 N–H and O–H groups in total. The van der Waals surface area contributed by atoms with E-state index in [0.29, 0.717) is 6.42 Å². The Morgan fingerprint density at radius 2 is 2.07 bits per heavy atom. The lowest BCUT2D eigenvalue weighted by Crippen LogP contribution is -2.23. The molecule has 1 aromatic carbocycles. The van der Waals surface area contributed by atoms with E-state index in [1.165, 1.54) is 6.92 Å². The SMILES string of the molecule is CC(=O)OC(F)C(Br)Cc1ccccc1. The molecule has 0 bridgehead atoms. The summed E-state index contributed by atoms with van der Waals surface area (Å²) in [4.78, 5) is 10.0. The first-order valence-corrected chi connectivity index (χ1v) is 5.50. The third kappa shape index (κ3) is 4.42. The van der Waals surface area contributed by atoms with Crippen molar-refractivity contribution in [1.29, 1.82) is 0 Å². The number of hydrogen-bond acceptors (Lipinski definition) is 2. The number of halogens is 2. The van der Waals surface area contributed by atoms with Crippen LogP contribution in [0.3, 0.4) is 0 Å². The molecule has 2 unspecified atom stereocenters. The van der Waals surface area contributed by atoms with Gasteiger partial charge >= 0.3 is 5.97 Å². The normalized spacial score (nSPS) is 14.3. The average molecular weight is 275 g/mol. The topological polar surface area (TPSA) is 26.3 Å². The zero-order chi connectivity index (χ0) is 11.3. The first-order chi connectivity index (χ1) is 7.09. The van der Waals surface area contributed by atoms with Crippen molar-refractivity contribution in [2.24, 2.45) is 0 Å². The molecule has 0 radical (unpaired) electrons. The Hall–Kier alpha value is -0.900. The molecule has 0 aromatic heterocycles. The predicted molar refractivity (Wildman–Crippen MR) is 59.5 cm³/mol. The highest BCUT2D eigenvalue weighted by Crippen LogP contribution is 2.17. The van der Waals surface area contributed by atoms with Crippen LogP contribution < -0.4 is 0 Å². The van der Waals surface area contributed by atoms with Crippen LogP contribution in [0.2, 0.25) is 0 Å². The van der Waals surface area contributed by atoms with E-state index in [0.717, 1.165) is 5.56 Å². The van der Waals surface area contributed by atoms with E-state index < -0.39 is 17.2 Å². The molecular formula is C11H12BrFO2. The van der Waals surface area contributed by atoms with Crippen molar-refractivity contribution < 1.29 is 13.9 Å². The highest BCUT2D eigenvalue weighted by molar-refractivity contribution is 9.09. The fraction of sp³-hybridized carbons (Fsp3) is 0.364. The van der Waals surface area contributed by atoms with Gasteiger partial charge in [-0.1, -0.05) is 46.3 Å². The van der Waals surface area contributed by atoms with Crippen LogP contribution >= 0.6 is 15.9 Å². The number of benzene rings is 1. The summed E-state index contributed by atoms with van der Waals surface area (Å²) >= 11 is 3.16. The molecule has 0 heterocycles. The van der Waals surface area contributed by atoms with Gasteiger partial charge in [0.05, 0.1) is 4.83 Å². The molecule has 0 aliphatic carbocycles. The van der Waals surface area contributed by atoms with Crippen molar-refractivity contribution in [2.75, 3.05) is 0 Å². The minimum absolute atomic E-state index is 0.481. The van der Waals surface area contributed by atoms with E-state index in [2.05, 4.69) is 20.7 Å². The summed E-state index contributed by atoms with van der Waals surface area (Å²) in [6.07, 6.45) is -1.13. The van der Waals surface area contributed by atoms with Crippen LogP contribution in [0, 0.1) is 0 Å². The van der Waals surface area contributed by atoms with Gasteiger partial charge in [-0.25, -0.2) is 4.39 Å². The molecule has 0 fully saturated rings. The van der Waals surface area contributed by atoms with Gasteiger partial charge < -0.3 is 4.74 Å². The summed E-state index contributed by atoms with van der Waals surface area (Å²) in [5.41, 5.74) is 0.995. The minimum Gasteiger partial charge on any atom is -0.430 e. The third-order valence-corrected chi connectivity index (χ3v) is 2.58. The molecule has 0 aliphatic rings. The Bertz CT molecular complexity index is 316. The summed E-state index contributed by atoms with van der Waals surface area (Å²) in [6, 6.07) is 9.46. The standard InChI is InChI=1S/C11H12BrFO2/c1-8(14)15-11(13)10(12)7-9-5-3-2-4-6-9/h2-6,10-11H,7H2,1H3. The van der Waals surface area contributed by atoms with Crippen molar-refractivity contribution in [2.45, 2.75) is 24.5 Å². The molecule has 0 saturated heterocycles. The molecule has 1 rings (SSSR count). The van der Waals surface area contributed by atoms with E-state index in [-0.39, 0.29) is 0 Å². The van der Waals surface area contributed by atoms with Crippen LogP contribution in [0.15, 0.2) is 30.3 Å². The van der Waals surface area contributed by atoms with Crippen LogP contribution in [0.5, 0.6) is 0 Å². The Balaban J connectivity index is 2.48. The van der Waals surface area contributed by atoms with Crippen LogP contribution in [-0.2, 0) is 16.0 Å². The highest BCUT2D eigenvalue weighted by atomic mass is 79.9. The van der Waals surface area contributed by atoms with Crippen LogP contribution in [0.1, 0.15) is 12.5 Å². The summed E-state index contributed by atoms with van der Waals surface area (Å²) in [7, 11) is 0. The van der Waals surface area contributed by atoms with Gasteiger partial charge in [0, 0.05) is 6.92 Å². The van der Waals surface area contributed by atoms with Crippen molar-refractivity contribution in [3.63, 3.8) is 0 Å². The zero-order valence-corrected chi connectivity index (χ0v) is 9.91. The van der Waals surface area contributed by atoms with Gasteiger partial charge in [-0.05, 0) is 12.0 Å². The highest BCUT2D eigenvalue weighted by Gasteiger charge is 2.20. The second kappa shape index (κ2) is 5.85. The molecule has 0 saturated carbocycles. The van der Waals surface area contributed by atoms with Gasteiger partial charge in [0.25, 0.3) is 6.36 Å². The number of carbonyl (C=O) groups excluding carboxylic acids is 1. The monoisotopic (exact) mass is 274 g/mol. The van der Waals surface area contributed by atoms with Gasteiger partial charge in [0.2, 0.25) is 0 Å². The molecule has 0 spiro atoms. The molecule has 4 heteroatoms. The fourth-order valence-corrected chi connectivity index (χ4v) is 1.65. The molecule has 0 aliphatic heterocycles. The zero-order valence-electron chi connectivity index (χ0n) is 8.32.